The molecule has 248 valence electrons. The first-order valence-corrected chi connectivity index (χ1v) is 17.8. The number of anilines is 1. The van der Waals surface area contributed by atoms with E-state index in [0.29, 0.717) is 17.1 Å². The summed E-state index contributed by atoms with van der Waals surface area (Å²) in [5.41, 5.74) is 3.90. The molecule has 0 fully saturated rings. The van der Waals surface area contributed by atoms with Crippen LogP contribution in [0.3, 0.4) is 0 Å². The number of rotatable bonds is 14. The Balaban J connectivity index is 1.82. The van der Waals surface area contributed by atoms with Crippen molar-refractivity contribution < 1.29 is 18.0 Å². The van der Waals surface area contributed by atoms with Gasteiger partial charge in [-0.05, 0) is 79.3 Å². The van der Waals surface area contributed by atoms with Crippen LogP contribution in [0.15, 0.2) is 108 Å². The van der Waals surface area contributed by atoms with Gasteiger partial charge in [-0.25, -0.2) is 8.42 Å². The molecule has 1 N–H and O–H groups in total. The SMILES string of the molecule is CCC(C)NC(=O)C(Cc1ccccc1)N(Cc1cccc(Cl)c1)C(=O)CN(c1ccc(C(C)C)cc1)S(=O)(=O)c1ccc(C)cc1. The molecule has 2 unspecified atom stereocenters. The first-order chi connectivity index (χ1) is 22.4. The van der Waals surface area contributed by atoms with Gasteiger partial charge in [0, 0.05) is 24.0 Å². The number of hydrogen-bond donors (Lipinski definition) is 1. The largest absolute Gasteiger partial charge is 0.352 e. The zero-order valence-corrected chi connectivity index (χ0v) is 29.3. The lowest BCUT2D eigenvalue weighted by Crippen LogP contribution is -2.54. The van der Waals surface area contributed by atoms with Crippen LogP contribution in [0.4, 0.5) is 5.69 Å². The van der Waals surface area contributed by atoms with Crippen LogP contribution in [0.2, 0.25) is 5.02 Å². The number of hydrogen-bond acceptors (Lipinski definition) is 4. The Labute approximate surface area is 284 Å². The molecule has 0 spiro atoms. The van der Waals surface area contributed by atoms with Gasteiger partial charge in [0.25, 0.3) is 10.0 Å². The molecule has 0 aliphatic rings. The molecule has 0 aromatic heterocycles. The number of benzene rings is 4. The maximum absolute atomic E-state index is 14.6. The molecule has 2 amide bonds. The van der Waals surface area contributed by atoms with Gasteiger partial charge in [0.05, 0.1) is 10.6 Å². The Bertz CT molecular complexity index is 1740. The smallest absolute Gasteiger partial charge is 0.264 e. The lowest BCUT2D eigenvalue weighted by Gasteiger charge is -2.34. The number of carbonyl (C=O) groups is 2. The van der Waals surface area contributed by atoms with E-state index in [2.05, 4.69) is 19.2 Å². The number of nitrogens with one attached hydrogen (secondary N) is 1. The second-order valence-corrected chi connectivity index (χ2v) is 14.5. The minimum Gasteiger partial charge on any atom is -0.352 e. The van der Waals surface area contributed by atoms with E-state index >= 15 is 0 Å². The van der Waals surface area contributed by atoms with E-state index in [-0.39, 0.29) is 35.7 Å². The Morgan fingerprint density at radius 2 is 1.47 bits per heavy atom. The van der Waals surface area contributed by atoms with Crippen LogP contribution in [0, 0.1) is 6.92 Å². The van der Waals surface area contributed by atoms with Crippen molar-refractivity contribution >= 4 is 39.1 Å². The molecular weight excluding hydrogens is 630 g/mol. The molecular formula is C38H44ClN3O4S. The highest BCUT2D eigenvalue weighted by Gasteiger charge is 2.35. The van der Waals surface area contributed by atoms with Crippen molar-refractivity contribution in [2.45, 2.75) is 76.9 Å². The van der Waals surface area contributed by atoms with Crippen molar-refractivity contribution in [1.29, 1.82) is 0 Å². The number of halogens is 1. The molecule has 47 heavy (non-hydrogen) atoms. The zero-order chi connectivity index (χ0) is 34.1. The summed E-state index contributed by atoms with van der Waals surface area (Å²) in [6.07, 6.45) is 0.949. The summed E-state index contributed by atoms with van der Waals surface area (Å²) in [5.74, 6) is -0.592. The topological polar surface area (TPSA) is 86.8 Å². The highest BCUT2D eigenvalue weighted by Crippen LogP contribution is 2.27. The van der Waals surface area contributed by atoms with Gasteiger partial charge in [0.1, 0.15) is 12.6 Å². The lowest BCUT2D eigenvalue weighted by atomic mass is 10.0. The van der Waals surface area contributed by atoms with Gasteiger partial charge in [-0.1, -0.05) is 105 Å². The van der Waals surface area contributed by atoms with Gasteiger partial charge < -0.3 is 10.2 Å². The third-order valence-electron chi connectivity index (χ3n) is 8.25. The van der Waals surface area contributed by atoms with E-state index in [1.807, 2.05) is 69.3 Å². The number of carbonyl (C=O) groups excluding carboxylic acids is 2. The molecule has 0 radical (unpaired) electrons. The van der Waals surface area contributed by atoms with Crippen LogP contribution >= 0.6 is 11.6 Å². The van der Waals surface area contributed by atoms with Crippen LogP contribution in [0.5, 0.6) is 0 Å². The first-order valence-electron chi connectivity index (χ1n) is 16.0. The number of sulfonamides is 1. The summed E-state index contributed by atoms with van der Waals surface area (Å²) in [5, 5.41) is 3.55. The number of amides is 2. The Kier molecular flexibility index (Phi) is 12.2. The second-order valence-electron chi connectivity index (χ2n) is 12.2. The molecule has 7 nitrogen and oxygen atoms in total. The van der Waals surface area contributed by atoms with Crippen molar-refractivity contribution in [3.8, 4) is 0 Å². The standard InChI is InChI=1S/C38H44ClN3O4S/c1-6-29(5)40-38(44)36(24-30-11-8-7-9-12-30)41(25-31-13-10-14-33(39)23-31)37(43)26-42(34-19-17-32(18-20-34)27(2)3)47(45,46)35-21-15-28(4)16-22-35/h7-23,27,29,36H,6,24-26H2,1-5H3,(H,40,44). The third-order valence-corrected chi connectivity index (χ3v) is 10.3. The lowest BCUT2D eigenvalue weighted by molar-refractivity contribution is -0.140. The van der Waals surface area contributed by atoms with Gasteiger partial charge in [-0.2, -0.15) is 0 Å². The molecule has 0 heterocycles. The van der Waals surface area contributed by atoms with Crippen LogP contribution in [0.1, 0.15) is 62.3 Å². The predicted molar refractivity (Wildman–Crippen MR) is 190 cm³/mol. The summed E-state index contributed by atoms with van der Waals surface area (Å²) in [6.45, 7) is 9.43. The molecule has 4 aromatic rings. The van der Waals surface area contributed by atoms with Crippen molar-refractivity contribution in [2.75, 3.05) is 10.8 Å². The quantitative estimate of drug-likeness (QED) is 0.150. The van der Waals surface area contributed by atoms with Crippen LogP contribution in [-0.2, 0) is 32.6 Å². The van der Waals surface area contributed by atoms with Crippen molar-refractivity contribution in [1.82, 2.24) is 10.2 Å². The van der Waals surface area contributed by atoms with Crippen molar-refractivity contribution in [3.63, 3.8) is 0 Å². The molecule has 4 aromatic carbocycles. The molecule has 4 rings (SSSR count). The fourth-order valence-corrected chi connectivity index (χ4v) is 6.85. The van der Waals surface area contributed by atoms with Gasteiger partial charge in [-0.15, -0.1) is 0 Å². The summed E-state index contributed by atoms with van der Waals surface area (Å²) in [7, 11) is -4.18. The average Bonchev–Trinajstić information content (AvgIpc) is 3.05. The second kappa shape index (κ2) is 16.1. The molecule has 0 aliphatic heterocycles. The highest BCUT2D eigenvalue weighted by atomic mass is 35.5. The molecule has 0 saturated heterocycles. The third kappa shape index (κ3) is 9.46. The Morgan fingerprint density at radius 3 is 2.06 bits per heavy atom. The minimum atomic E-state index is -4.18. The fourth-order valence-electron chi connectivity index (χ4n) is 5.22. The normalized spacial score (nSPS) is 12.7. The molecule has 9 heteroatoms. The molecule has 0 aliphatic carbocycles. The maximum atomic E-state index is 14.6. The molecule has 0 saturated carbocycles. The highest BCUT2D eigenvalue weighted by molar-refractivity contribution is 7.92. The van der Waals surface area contributed by atoms with Gasteiger partial charge in [0.2, 0.25) is 11.8 Å². The summed E-state index contributed by atoms with van der Waals surface area (Å²) < 4.78 is 29.7. The average molecular weight is 674 g/mol. The number of nitrogens with zero attached hydrogens (tertiary/aromatic N) is 2. The van der Waals surface area contributed by atoms with Gasteiger partial charge >= 0.3 is 0 Å². The Hall–Kier alpha value is -4.14. The Morgan fingerprint density at radius 1 is 0.830 bits per heavy atom. The monoisotopic (exact) mass is 673 g/mol. The van der Waals surface area contributed by atoms with E-state index < -0.39 is 28.5 Å². The van der Waals surface area contributed by atoms with Crippen LogP contribution < -0.4 is 9.62 Å². The maximum Gasteiger partial charge on any atom is 0.264 e. The molecule has 0 bridgehead atoms. The van der Waals surface area contributed by atoms with E-state index in [1.165, 1.54) is 4.90 Å². The summed E-state index contributed by atoms with van der Waals surface area (Å²) in [6, 6.07) is 29.3. The van der Waals surface area contributed by atoms with Gasteiger partial charge in [-0.3, -0.25) is 13.9 Å². The fraction of sp³-hybridized carbons (Fsp3) is 0.316. The predicted octanol–water partition coefficient (Wildman–Crippen LogP) is 7.52. The summed E-state index contributed by atoms with van der Waals surface area (Å²) in [4.78, 5) is 30.1. The van der Waals surface area contributed by atoms with Crippen molar-refractivity contribution in [2.24, 2.45) is 0 Å². The van der Waals surface area contributed by atoms with Crippen LogP contribution in [0.25, 0.3) is 0 Å². The van der Waals surface area contributed by atoms with E-state index in [1.54, 1.807) is 54.6 Å². The minimum absolute atomic E-state index is 0.0511. The van der Waals surface area contributed by atoms with Gasteiger partial charge in [0.15, 0.2) is 0 Å². The summed E-state index contributed by atoms with van der Waals surface area (Å²) >= 11 is 6.34. The molecule has 2 atom stereocenters. The van der Waals surface area contributed by atoms with Crippen LogP contribution in [-0.4, -0.2) is 43.8 Å². The number of aryl methyl sites for hydroxylation is 1. The van der Waals surface area contributed by atoms with E-state index in [9.17, 15) is 18.0 Å². The van der Waals surface area contributed by atoms with E-state index in [0.717, 1.165) is 26.6 Å². The van der Waals surface area contributed by atoms with E-state index in [4.69, 9.17) is 11.6 Å². The first kappa shape index (κ1) is 35.7. The zero-order valence-electron chi connectivity index (χ0n) is 27.7. The van der Waals surface area contributed by atoms with Crippen molar-refractivity contribution in [3.05, 3.63) is 130 Å².